The van der Waals surface area contributed by atoms with Crippen molar-refractivity contribution in [3.8, 4) is 0 Å². The summed E-state index contributed by atoms with van der Waals surface area (Å²) in [5.41, 5.74) is 7.53. The molecule has 13 heavy (non-hydrogen) atoms. The van der Waals surface area contributed by atoms with E-state index in [2.05, 4.69) is 6.58 Å². The van der Waals surface area contributed by atoms with Crippen LogP contribution in [-0.4, -0.2) is 0 Å². The summed E-state index contributed by atoms with van der Waals surface area (Å²) in [5, 5.41) is 0. The van der Waals surface area contributed by atoms with Crippen molar-refractivity contribution in [1.82, 2.24) is 0 Å². The van der Waals surface area contributed by atoms with Crippen LogP contribution in [0.2, 0.25) is 0 Å². The lowest BCUT2D eigenvalue weighted by atomic mass is 10.0. The Morgan fingerprint density at radius 1 is 1.54 bits per heavy atom. The highest BCUT2D eigenvalue weighted by Crippen LogP contribution is 2.17. The van der Waals surface area contributed by atoms with Crippen LogP contribution in [0.5, 0.6) is 0 Å². The van der Waals surface area contributed by atoms with Gasteiger partial charge in [-0.25, -0.2) is 4.39 Å². The second-order valence-electron chi connectivity index (χ2n) is 3.19. The first-order chi connectivity index (χ1) is 6.13. The van der Waals surface area contributed by atoms with Crippen molar-refractivity contribution in [3.63, 3.8) is 0 Å². The zero-order valence-corrected chi connectivity index (χ0v) is 7.76. The topological polar surface area (TPSA) is 26.0 Å². The fourth-order valence-electron chi connectivity index (χ4n) is 1.29. The quantitative estimate of drug-likeness (QED) is 0.709. The molecular weight excluding hydrogens is 165 g/mol. The highest BCUT2D eigenvalue weighted by atomic mass is 19.1. The van der Waals surface area contributed by atoms with Crippen molar-refractivity contribution in [1.29, 1.82) is 0 Å². The van der Waals surface area contributed by atoms with E-state index >= 15 is 0 Å². The maximum absolute atomic E-state index is 12.9. The second kappa shape index (κ2) is 4.19. The van der Waals surface area contributed by atoms with E-state index in [-0.39, 0.29) is 11.9 Å². The SMILES string of the molecule is C=CC[C@H](N)c1cc(C)cc(F)c1. The van der Waals surface area contributed by atoms with E-state index in [9.17, 15) is 4.39 Å². The molecule has 0 fully saturated rings. The fraction of sp³-hybridized carbons (Fsp3) is 0.273. The molecule has 0 heterocycles. The monoisotopic (exact) mass is 179 g/mol. The number of aryl methyl sites for hydroxylation is 1. The Kier molecular flexibility index (Phi) is 3.20. The second-order valence-corrected chi connectivity index (χ2v) is 3.19. The molecule has 0 aliphatic carbocycles. The first kappa shape index (κ1) is 9.93. The van der Waals surface area contributed by atoms with E-state index in [1.807, 2.05) is 13.0 Å². The highest BCUT2D eigenvalue weighted by Gasteiger charge is 2.05. The van der Waals surface area contributed by atoms with Crippen molar-refractivity contribution in [2.75, 3.05) is 0 Å². The van der Waals surface area contributed by atoms with Crippen molar-refractivity contribution in [3.05, 3.63) is 47.8 Å². The van der Waals surface area contributed by atoms with Gasteiger partial charge < -0.3 is 5.73 Å². The summed E-state index contributed by atoms with van der Waals surface area (Å²) in [4.78, 5) is 0. The van der Waals surface area contributed by atoms with E-state index < -0.39 is 0 Å². The lowest BCUT2D eigenvalue weighted by Crippen LogP contribution is -2.09. The van der Waals surface area contributed by atoms with Crippen molar-refractivity contribution < 1.29 is 4.39 Å². The van der Waals surface area contributed by atoms with Crippen LogP contribution >= 0.6 is 0 Å². The zero-order valence-electron chi connectivity index (χ0n) is 7.76. The number of benzene rings is 1. The molecule has 2 heteroatoms. The smallest absolute Gasteiger partial charge is 0.123 e. The average molecular weight is 179 g/mol. The van der Waals surface area contributed by atoms with Gasteiger partial charge in [0.05, 0.1) is 0 Å². The first-order valence-electron chi connectivity index (χ1n) is 4.27. The Morgan fingerprint density at radius 3 is 2.77 bits per heavy atom. The predicted octanol–water partition coefficient (Wildman–Crippen LogP) is 2.71. The number of halogens is 1. The molecule has 1 aromatic rings. The van der Waals surface area contributed by atoms with Crippen molar-refractivity contribution >= 4 is 0 Å². The van der Waals surface area contributed by atoms with Crippen LogP contribution < -0.4 is 5.73 Å². The maximum atomic E-state index is 12.9. The van der Waals surface area contributed by atoms with Crippen LogP contribution in [0.4, 0.5) is 4.39 Å². The molecule has 2 N–H and O–H groups in total. The standard InChI is InChI=1S/C11H14FN/c1-3-4-11(13)9-5-8(2)6-10(12)7-9/h3,5-7,11H,1,4,13H2,2H3/t11-/m0/s1. The molecule has 1 aromatic carbocycles. The van der Waals surface area contributed by atoms with Crippen LogP contribution in [0, 0.1) is 12.7 Å². The van der Waals surface area contributed by atoms with Gasteiger partial charge in [-0.3, -0.25) is 0 Å². The molecule has 0 unspecified atom stereocenters. The molecule has 1 atom stereocenters. The third-order valence-corrected chi connectivity index (χ3v) is 1.91. The van der Waals surface area contributed by atoms with E-state index in [0.717, 1.165) is 11.1 Å². The maximum Gasteiger partial charge on any atom is 0.123 e. The van der Waals surface area contributed by atoms with Crippen molar-refractivity contribution in [2.24, 2.45) is 5.73 Å². The summed E-state index contributed by atoms with van der Waals surface area (Å²) in [7, 11) is 0. The molecule has 70 valence electrons. The van der Waals surface area contributed by atoms with Gasteiger partial charge in [0.15, 0.2) is 0 Å². The molecule has 1 rings (SSSR count). The molecule has 0 bridgehead atoms. The number of rotatable bonds is 3. The third kappa shape index (κ3) is 2.67. The fourth-order valence-corrected chi connectivity index (χ4v) is 1.29. The molecule has 0 aliphatic rings. The van der Waals surface area contributed by atoms with E-state index in [1.54, 1.807) is 6.08 Å². The van der Waals surface area contributed by atoms with Gasteiger partial charge in [-0.05, 0) is 36.6 Å². The van der Waals surface area contributed by atoms with Crippen LogP contribution in [-0.2, 0) is 0 Å². The van der Waals surface area contributed by atoms with Gasteiger partial charge in [0.2, 0.25) is 0 Å². The van der Waals surface area contributed by atoms with Crippen molar-refractivity contribution in [2.45, 2.75) is 19.4 Å². The predicted molar refractivity (Wildman–Crippen MR) is 52.9 cm³/mol. The van der Waals surface area contributed by atoms with Gasteiger partial charge in [0.1, 0.15) is 5.82 Å². The minimum absolute atomic E-state index is 0.146. The molecule has 0 aromatic heterocycles. The molecule has 0 saturated heterocycles. The van der Waals surface area contributed by atoms with Crippen LogP contribution in [0.25, 0.3) is 0 Å². The molecule has 0 amide bonds. The minimum Gasteiger partial charge on any atom is -0.324 e. The zero-order chi connectivity index (χ0) is 9.84. The van der Waals surface area contributed by atoms with Crippen LogP contribution in [0.3, 0.4) is 0 Å². The Balaban J connectivity index is 2.93. The van der Waals surface area contributed by atoms with Gasteiger partial charge in [-0.2, -0.15) is 0 Å². The summed E-state index contributed by atoms with van der Waals surface area (Å²) < 4.78 is 12.9. The van der Waals surface area contributed by atoms with E-state index in [0.29, 0.717) is 6.42 Å². The Labute approximate surface area is 78.1 Å². The van der Waals surface area contributed by atoms with Gasteiger partial charge in [0, 0.05) is 6.04 Å². The summed E-state index contributed by atoms with van der Waals surface area (Å²) in [6.45, 7) is 5.45. The van der Waals surface area contributed by atoms with Gasteiger partial charge in [0.25, 0.3) is 0 Å². The van der Waals surface area contributed by atoms with E-state index in [4.69, 9.17) is 5.73 Å². The number of nitrogens with two attached hydrogens (primary N) is 1. The van der Waals surface area contributed by atoms with E-state index in [1.165, 1.54) is 12.1 Å². The summed E-state index contributed by atoms with van der Waals surface area (Å²) >= 11 is 0. The lowest BCUT2D eigenvalue weighted by molar-refractivity contribution is 0.618. The van der Waals surface area contributed by atoms with Crippen LogP contribution in [0.15, 0.2) is 30.9 Å². The van der Waals surface area contributed by atoms with Crippen LogP contribution in [0.1, 0.15) is 23.6 Å². The lowest BCUT2D eigenvalue weighted by Gasteiger charge is -2.10. The summed E-state index contributed by atoms with van der Waals surface area (Å²) in [5.74, 6) is -0.227. The normalized spacial score (nSPS) is 12.5. The average Bonchev–Trinajstić information content (AvgIpc) is 2.03. The molecule has 0 aliphatic heterocycles. The third-order valence-electron chi connectivity index (χ3n) is 1.91. The summed E-state index contributed by atoms with van der Waals surface area (Å²) in [6.07, 6.45) is 2.41. The summed E-state index contributed by atoms with van der Waals surface area (Å²) in [6, 6.07) is 4.72. The Hall–Kier alpha value is -1.15. The largest absolute Gasteiger partial charge is 0.324 e. The molecule has 0 saturated carbocycles. The number of hydrogen-bond acceptors (Lipinski definition) is 1. The molecule has 0 spiro atoms. The molecule has 0 radical (unpaired) electrons. The Bertz CT molecular complexity index is 287. The Morgan fingerprint density at radius 2 is 2.23 bits per heavy atom. The number of hydrogen-bond donors (Lipinski definition) is 1. The van der Waals surface area contributed by atoms with Gasteiger partial charge in [-0.1, -0.05) is 12.1 Å². The highest BCUT2D eigenvalue weighted by molar-refractivity contribution is 5.26. The molecular formula is C11H14FN. The molecule has 1 nitrogen and oxygen atoms in total. The van der Waals surface area contributed by atoms with Gasteiger partial charge in [-0.15, -0.1) is 6.58 Å². The first-order valence-corrected chi connectivity index (χ1v) is 4.27. The minimum atomic E-state index is -0.227. The van der Waals surface area contributed by atoms with Gasteiger partial charge >= 0.3 is 0 Å².